The van der Waals surface area contributed by atoms with Crippen LogP contribution in [0, 0.1) is 6.92 Å². The van der Waals surface area contributed by atoms with E-state index < -0.39 is 9.84 Å². The molecule has 0 bridgehead atoms. The zero-order valence-corrected chi connectivity index (χ0v) is 23.9. The second-order valence-corrected chi connectivity index (χ2v) is 13.8. The number of rotatable bonds is 8. The van der Waals surface area contributed by atoms with Crippen LogP contribution in [0.4, 0.5) is 16.3 Å². The summed E-state index contributed by atoms with van der Waals surface area (Å²) in [5.74, 6) is 0.972. The topological polar surface area (TPSA) is 115 Å². The van der Waals surface area contributed by atoms with E-state index in [2.05, 4.69) is 15.7 Å². The van der Waals surface area contributed by atoms with Crippen LogP contribution in [-0.4, -0.2) is 46.7 Å². The van der Waals surface area contributed by atoms with Crippen molar-refractivity contribution in [2.75, 3.05) is 5.32 Å². The third-order valence-corrected chi connectivity index (χ3v) is 10.7. The van der Waals surface area contributed by atoms with E-state index in [9.17, 15) is 13.2 Å². The molecule has 204 valence electrons. The van der Waals surface area contributed by atoms with Crippen molar-refractivity contribution in [3.63, 3.8) is 0 Å². The second-order valence-electron chi connectivity index (χ2n) is 10.6. The monoisotopic (exact) mass is 557 g/mol. The Bertz CT molecular complexity index is 1400. The second kappa shape index (κ2) is 10.7. The first kappa shape index (κ1) is 26.7. The largest absolute Gasteiger partial charge is 0.447 e. The summed E-state index contributed by atoms with van der Waals surface area (Å²) in [5.41, 5.74) is 2.40. The number of amides is 1. The molecule has 11 heteroatoms. The van der Waals surface area contributed by atoms with Crippen molar-refractivity contribution in [1.82, 2.24) is 20.1 Å². The molecule has 9 nitrogen and oxygen atoms in total. The number of nitrogens with one attached hydrogen (secondary N) is 2. The summed E-state index contributed by atoms with van der Waals surface area (Å²) in [6, 6.07) is 7.55. The van der Waals surface area contributed by atoms with Crippen molar-refractivity contribution in [1.29, 1.82) is 0 Å². The van der Waals surface area contributed by atoms with E-state index in [1.807, 2.05) is 46.0 Å². The van der Waals surface area contributed by atoms with Gasteiger partial charge in [-0.15, -0.1) is 11.3 Å². The number of benzene rings is 1. The molecule has 0 aliphatic heterocycles. The van der Waals surface area contributed by atoms with Crippen molar-refractivity contribution in [2.24, 2.45) is 7.05 Å². The Kier molecular flexibility index (Phi) is 7.50. The van der Waals surface area contributed by atoms with Crippen LogP contribution in [-0.2, 0) is 21.6 Å². The number of sulfone groups is 1. The first-order chi connectivity index (χ1) is 18.1. The number of nitrogens with zero attached hydrogens (tertiary/aromatic N) is 3. The van der Waals surface area contributed by atoms with Crippen LogP contribution in [0.5, 0.6) is 0 Å². The van der Waals surface area contributed by atoms with Gasteiger partial charge in [-0.1, -0.05) is 6.07 Å². The summed E-state index contributed by atoms with van der Waals surface area (Å²) in [6.07, 6.45) is 6.27. The highest BCUT2D eigenvalue weighted by Gasteiger charge is 2.39. The quantitative estimate of drug-likeness (QED) is 0.365. The Morgan fingerprint density at radius 3 is 2.50 bits per heavy atom. The summed E-state index contributed by atoms with van der Waals surface area (Å²) >= 11 is 1.57. The summed E-state index contributed by atoms with van der Waals surface area (Å²) in [6.45, 7) is 5.64. The lowest BCUT2D eigenvalue weighted by Crippen LogP contribution is -2.38. The van der Waals surface area contributed by atoms with Crippen molar-refractivity contribution in [3.8, 4) is 10.4 Å². The molecule has 38 heavy (non-hydrogen) atoms. The number of aromatic nitrogens is 3. The molecule has 2 saturated carbocycles. The predicted molar refractivity (Wildman–Crippen MR) is 149 cm³/mol. The van der Waals surface area contributed by atoms with Gasteiger partial charge in [0.1, 0.15) is 0 Å². The van der Waals surface area contributed by atoms with Gasteiger partial charge in [-0.25, -0.2) is 18.2 Å². The van der Waals surface area contributed by atoms with Crippen molar-refractivity contribution < 1.29 is 17.9 Å². The average molecular weight is 558 g/mol. The molecular weight excluding hydrogens is 522 g/mol. The SMILES string of the molecule is Cc1cc(Nc2ccc(-c3cnc([C@H]4CC[C@H](NC(=O)OC(C)C)CC4)s3)c(S(=O)(=O)C3CC3)c2)nn1C. The van der Waals surface area contributed by atoms with Crippen LogP contribution in [0.2, 0.25) is 0 Å². The molecule has 3 aromatic rings. The fraction of sp³-hybridized carbons (Fsp3) is 0.519. The number of hydrogen-bond acceptors (Lipinski definition) is 8. The van der Waals surface area contributed by atoms with Crippen LogP contribution in [0.3, 0.4) is 0 Å². The van der Waals surface area contributed by atoms with Gasteiger partial charge in [-0.05, 0) is 71.4 Å². The number of carbonyl (C=O) groups is 1. The van der Waals surface area contributed by atoms with E-state index in [-0.39, 0.29) is 23.5 Å². The molecule has 2 heterocycles. The zero-order chi connectivity index (χ0) is 27.0. The Balaban J connectivity index is 1.34. The molecule has 0 unspecified atom stereocenters. The molecule has 2 aromatic heterocycles. The van der Waals surface area contributed by atoms with Gasteiger partial charge in [-0.2, -0.15) is 5.10 Å². The molecule has 1 amide bonds. The number of aryl methyl sites for hydroxylation is 2. The van der Waals surface area contributed by atoms with Gasteiger partial charge < -0.3 is 15.4 Å². The van der Waals surface area contributed by atoms with Crippen LogP contribution in [0.15, 0.2) is 35.4 Å². The molecular formula is C27H35N5O4S2. The summed E-state index contributed by atoms with van der Waals surface area (Å²) in [5, 5.41) is 11.4. The highest BCUT2D eigenvalue weighted by Crippen LogP contribution is 2.43. The molecule has 0 saturated heterocycles. The maximum atomic E-state index is 13.4. The fourth-order valence-corrected chi connectivity index (χ4v) is 7.95. The van der Waals surface area contributed by atoms with Gasteiger partial charge in [0.05, 0.1) is 26.1 Å². The van der Waals surface area contributed by atoms with Crippen LogP contribution in [0.1, 0.15) is 69.0 Å². The Morgan fingerprint density at radius 2 is 1.87 bits per heavy atom. The number of alkyl carbamates (subject to hydrolysis) is 1. The van der Waals surface area contributed by atoms with Gasteiger partial charge in [0, 0.05) is 48.2 Å². The molecule has 2 aliphatic carbocycles. The molecule has 0 radical (unpaired) electrons. The maximum Gasteiger partial charge on any atom is 0.407 e. The van der Waals surface area contributed by atoms with Gasteiger partial charge in [-0.3, -0.25) is 4.68 Å². The minimum atomic E-state index is -3.44. The summed E-state index contributed by atoms with van der Waals surface area (Å²) < 4.78 is 33.9. The molecule has 2 aliphatic rings. The van der Waals surface area contributed by atoms with Gasteiger partial charge in [0.25, 0.3) is 0 Å². The minimum absolute atomic E-state index is 0.107. The van der Waals surface area contributed by atoms with E-state index in [1.165, 1.54) is 0 Å². The van der Waals surface area contributed by atoms with E-state index in [0.29, 0.717) is 40.7 Å². The van der Waals surface area contributed by atoms with Crippen LogP contribution >= 0.6 is 11.3 Å². The molecule has 0 spiro atoms. The van der Waals surface area contributed by atoms with E-state index in [4.69, 9.17) is 9.72 Å². The molecule has 2 N–H and O–H groups in total. The van der Waals surface area contributed by atoms with E-state index in [0.717, 1.165) is 41.3 Å². The van der Waals surface area contributed by atoms with Crippen molar-refractivity contribution in [2.45, 2.75) is 87.5 Å². The van der Waals surface area contributed by atoms with Gasteiger partial charge in [0.15, 0.2) is 15.7 Å². The number of hydrogen-bond donors (Lipinski definition) is 2. The number of ether oxygens (including phenoxy) is 1. The highest BCUT2D eigenvalue weighted by molar-refractivity contribution is 7.92. The van der Waals surface area contributed by atoms with Gasteiger partial charge >= 0.3 is 6.09 Å². The van der Waals surface area contributed by atoms with Gasteiger partial charge in [0.2, 0.25) is 0 Å². The first-order valence-corrected chi connectivity index (χ1v) is 15.6. The molecule has 1 aromatic carbocycles. The third-order valence-electron chi connectivity index (χ3n) is 7.17. The van der Waals surface area contributed by atoms with Crippen LogP contribution < -0.4 is 10.6 Å². The lowest BCUT2D eigenvalue weighted by atomic mass is 9.86. The first-order valence-electron chi connectivity index (χ1n) is 13.2. The van der Waals surface area contributed by atoms with Crippen LogP contribution in [0.25, 0.3) is 10.4 Å². The molecule has 2 fully saturated rings. The molecule has 5 rings (SSSR count). The highest BCUT2D eigenvalue weighted by atomic mass is 32.2. The lowest BCUT2D eigenvalue weighted by Gasteiger charge is -2.28. The smallest absolute Gasteiger partial charge is 0.407 e. The standard InChI is InChI=1S/C27H35N5O4S2/c1-16(2)36-27(33)30-19-7-5-18(6-8-19)26-28-15-23(37-26)22-12-9-20(29-25-13-17(3)32(4)31-25)14-24(22)38(34,35)21-10-11-21/h9,12-16,18-19,21H,5-8,10-11H2,1-4H3,(H,29,31)(H,30,33)/t18-,19-. The minimum Gasteiger partial charge on any atom is -0.447 e. The fourth-order valence-electron chi connectivity index (χ4n) is 4.87. The number of anilines is 2. The van der Waals surface area contributed by atoms with E-state index in [1.54, 1.807) is 28.3 Å². The van der Waals surface area contributed by atoms with Crippen molar-refractivity contribution in [3.05, 3.63) is 41.2 Å². The maximum absolute atomic E-state index is 13.4. The third kappa shape index (κ3) is 5.88. The Morgan fingerprint density at radius 1 is 1.13 bits per heavy atom. The van der Waals surface area contributed by atoms with Crippen molar-refractivity contribution >= 4 is 38.8 Å². The molecule has 0 atom stereocenters. The number of thiazole rings is 1. The number of carbonyl (C=O) groups excluding carboxylic acids is 1. The summed E-state index contributed by atoms with van der Waals surface area (Å²) in [4.78, 5) is 17.9. The average Bonchev–Trinajstić information content (AvgIpc) is 3.54. The normalized spacial score (nSPS) is 19.9. The zero-order valence-electron chi connectivity index (χ0n) is 22.2. The van der Waals surface area contributed by atoms with E-state index >= 15 is 0 Å². The Labute approximate surface area is 227 Å². The predicted octanol–water partition coefficient (Wildman–Crippen LogP) is 5.69. The lowest BCUT2D eigenvalue weighted by molar-refractivity contribution is 0.109. The Hall–Kier alpha value is -2.92. The summed E-state index contributed by atoms with van der Waals surface area (Å²) in [7, 11) is -1.57.